The minimum atomic E-state index is -2.63. The van der Waals surface area contributed by atoms with E-state index in [0.29, 0.717) is 12.2 Å². The SMILES string of the molecule is CCCc1nnc(SC(F)F)n1CC(=O)O. The number of thioether (sulfide) groups is 1. The number of hydrogen-bond acceptors (Lipinski definition) is 4. The molecule has 16 heavy (non-hydrogen) atoms. The summed E-state index contributed by atoms with van der Waals surface area (Å²) >= 11 is 0.206. The van der Waals surface area contributed by atoms with E-state index in [1.54, 1.807) is 0 Å². The molecule has 0 amide bonds. The first-order chi connectivity index (χ1) is 7.54. The van der Waals surface area contributed by atoms with Crippen molar-refractivity contribution in [1.29, 1.82) is 0 Å². The molecule has 0 saturated heterocycles. The van der Waals surface area contributed by atoms with Crippen LogP contribution in [0.5, 0.6) is 0 Å². The van der Waals surface area contributed by atoms with Crippen LogP contribution in [0, 0.1) is 0 Å². The molecule has 0 aliphatic carbocycles. The minimum absolute atomic E-state index is 0.0548. The van der Waals surface area contributed by atoms with Gasteiger partial charge in [0.1, 0.15) is 12.4 Å². The topological polar surface area (TPSA) is 68.0 Å². The van der Waals surface area contributed by atoms with Crippen molar-refractivity contribution in [1.82, 2.24) is 14.8 Å². The molecule has 0 fully saturated rings. The lowest BCUT2D eigenvalue weighted by molar-refractivity contribution is -0.137. The molecule has 1 aromatic heterocycles. The van der Waals surface area contributed by atoms with Crippen LogP contribution in [0.15, 0.2) is 5.16 Å². The second kappa shape index (κ2) is 5.78. The van der Waals surface area contributed by atoms with E-state index in [1.807, 2.05) is 6.92 Å². The van der Waals surface area contributed by atoms with Gasteiger partial charge in [0.05, 0.1) is 0 Å². The lowest BCUT2D eigenvalue weighted by Gasteiger charge is -2.05. The van der Waals surface area contributed by atoms with E-state index < -0.39 is 18.3 Å². The van der Waals surface area contributed by atoms with E-state index >= 15 is 0 Å². The van der Waals surface area contributed by atoms with Crippen LogP contribution in [-0.4, -0.2) is 31.6 Å². The molecule has 0 atom stereocenters. The van der Waals surface area contributed by atoms with Gasteiger partial charge in [-0.05, 0) is 18.2 Å². The van der Waals surface area contributed by atoms with Gasteiger partial charge >= 0.3 is 5.97 Å². The molecular weight excluding hydrogens is 240 g/mol. The van der Waals surface area contributed by atoms with Crippen LogP contribution in [0.4, 0.5) is 8.78 Å². The summed E-state index contributed by atoms with van der Waals surface area (Å²) in [7, 11) is 0. The lowest BCUT2D eigenvalue weighted by Crippen LogP contribution is -2.13. The number of halogens is 2. The molecule has 0 aliphatic heterocycles. The summed E-state index contributed by atoms with van der Waals surface area (Å²) in [6.07, 6.45) is 1.27. The minimum Gasteiger partial charge on any atom is -0.480 e. The van der Waals surface area contributed by atoms with Crippen molar-refractivity contribution >= 4 is 17.7 Å². The van der Waals surface area contributed by atoms with Crippen molar-refractivity contribution in [2.45, 2.75) is 37.2 Å². The molecule has 5 nitrogen and oxygen atoms in total. The van der Waals surface area contributed by atoms with Crippen molar-refractivity contribution in [2.75, 3.05) is 0 Å². The zero-order chi connectivity index (χ0) is 12.1. The Hall–Kier alpha value is -1.18. The number of alkyl halides is 2. The van der Waals surface area contributed by atoms with Crippen LogP contribution >= 0.6 is 11.8 Å². The van der Waals surface area contributed by atoms with Gasteiger partial charge in [0.25, 0.3) is 5.76 Å². The molecule has 0 aliphatic rings. The Morgan fingerprint density at radius 1 is 1.56 bits per heavy atom. The van der Waals surface area contributed by atoms with Crippen molar-refractivity contribution in [3.8, 4) is 0 Å². The van der Waals surface area contributed by atoms with Crippen molar-refractivity contribution < 1.29 is 18.7 Å². The van der Waals surface area contributed by atoms with Crippen LogP contribution in [0.3, 0.4) is 0 Å². The maximum Gasteiger partial charge on any atom is 0.323 e. The Kier molecular flexibility index (Phi) is 4.66. The number of aliphatic carboxylic acids is 1. The van der Waals surface area contributed by atoms with Crippen molar-refractivity contribution in [3.63, 3.8) is 0 Å². The van der Waals surface area contributed by atoms with Crippen LogP contribution in [0.25, 0.3) is 0 Å². The van der Waals surface area contributed by atoms with E-state index in [1.165, 1.54) is 4.57 Å². The number of carboxylic acids is 1. The fourth-order valence-electron chi connectivity index (χ4n) is 1.19. The number of carboxylic acid groups (broad SMARTS) is 1. The molecule has 8 heteroatoms. The normalized spacial score (nSPS) is 11.0. The second-order valence-corrected chi connectivity index (χ2v) is 3.96. The number of carbonyl (C=O) groups is 1. The second-order valence-electron chi connectivity index (χ2n) is 3.01. The average molecular weight is 251 g/mol. The van der Waals surface area contributed by atoms with Gasteiger partial charge < -0.3 is 5.11 Å². The van der Waals surface area contributed by atoms with Crippen molar-refractivity contribution in [2.24, 2.45) is 0 Å². The molecule has 0 radical (unpaired) electrons. The van der Waals surface area contributed by atoms with Crippen LogP contribution in [-0.2, 0) is 17.8 Å². The third-order valence-corrected chi connectivity index (χ3v) is 2.45. The third kappa shape index (κ3) is 3.44. The van der Waals surface area contributed by atoms with Gasteiger partial charge in [-0.25, -0.2) is 0 Å². The van der Waals surface area contributed by atoms with Crippen LogP contribution in [0.2, 0.25) is 0 Å². The van der Waals surface area contributed by atoms with Gasteiger partial charge in [0, 0.05) is 6.42 Å². The summed E-state index contributed by atoms with van der Waals surface area (Å²) < 4.78 is 25.5. The standard InChI is InChI=1S/C8H11F2N3O2S/c1-2-3-5-11-12-8(16-7(9)10)13(5)4-6(14)15/h7H,2-4H2,1H3,(H,14,15). The van der Waals surface area contributed by atoms with Gasteiger partial charge in [0.15, 0.2) is 5.16 Å². The predicted octanol–water partition coefficient (Wildman–Crippen LogP) is 1.63. The van der Waals surface area contributed by atoms with Gasteiger partial charge in [-0.2, -0.15) is 8.78 Å². The molecule has 0 aromatic carbocycles. The van der Waals surface area contributed by atoms with E-state index in [4.69, 9.17) is 5.11 Å². The Balaban J connectivity index is 2.93. The summed E-state index contributed by atoms with van der Waals surface area (Å²) in [6.45, 7) is 1.50. The number of aromatic nitrogens is 3. The summed E-state index contributed by atoms with van der Waals surface area (Å²) in [5.41, 5.74) is 0. The Bertz CT molecular complexity index is 370. The first kappa shape index (κ1) is 12.9. The van der Waals surface area contributed by atoms with Gasteiger partial charge in [-0.15, -0.1) is 10.2 Å². The van der Waals surface area contributed by atoms with E-state index in [2.05, 4.69) is 10.2 Å². The molecule has 0 bridgehead atoms. The largest absolute Gasteiger partial charge is 0.480 e. The van der Waals surface area contributed by atoms with Gasteiger partial charge in [-0.1, -0.05) is 6.92 Å². The Morgan fingerprint density at radius 2 is 2.25 bits per heavy atom. The predicted molar refractivity (Wildman–Crippen MR) is 53.5 cm³/mol. The molecule has 1 rings (SSSR count). The highest BCUT2D eigenvalue weighted by molar-refractivity contribution is 7.99. The Labute approximate surface area is 94.9 Å². The summed E-state index contributed by atoms with van der Waals surface area (Å²) in [6, 6.07) is 0. The first-order valence-corrected chi connectivity index (χ1v) is 5.51. The van der Waals surface area contributed by atoms with E-state index in [-0.39, 0.29) is 16.9 Å². The number of aryl methyl sites for hydroxylation is 1. The smallest absolute Gasteiger partial charge is 0.323 e. The zero-order valence-corrected chi connectivity index (χ0v) is 9.38. The molecular formula is C8H11F2N3O2S. The molecule has 1 N–H and O–H groups in total. The molecule has 90 valence electrons. The fourth-order valence-corrected chi connectivity index (χ4v) is 1.73. The average Bonchev–Trinajstić information content (AvgIpc) is 2.49. The third-order valence-electron chi connectivity index (χ3n) is 1.75. The van der Waals surface area contributed by atoms with Gasteiger partial charge in [-0.3, -0.25) is 9.36 Å². The summed E-state index contributed by atoms with van der Waals surface area (Å²) in [4.78, 5) is 10.6. The molecule has 1 aromatic rings. The number of rotatable bonds is 6. The number of nitrogens with zero attached hydrogens (tertiary/aromatic N) is 3. The highest BCUT2D eigenvalue weighted by Crippen LogP contribution is 2.24. The van der Waals surface area contributed by atoms with E-state index in [0.717, 1.165) is 6.42 Å². The summed E-state index contributed by atoms with van der Waals surface area (Å²) in [5, 5.41) is 15.9. The van der Waals surface area contributed by atoms with Crippen LogP contribution < -0.4 is 0 Å². The zero-order valence-electron chi connectivity index (χ0n) is 8.56. The molecule has 0 spiro atoms. The van der Waals surface area contributed by atoms with E-state index in [9.17, 15) is 13.6 Å². The van der Waals surface area contributed by atoms with Gasteiger partial charge in [0.2, 0.25) is 0 Å². The maximum atomic E-state index is 12.2. The highest BCUT2D eigenvalue weighted by Gasteiger charge is 2.17. The van der Waals surface area contributed by atoms with Crippen LogP contribution in [0.1, 0.15) is 19.2 Å². The summed E-state index contributed by atoms with van der Waals surface area (Å²) in [5.74, 6) is -3.31. The monoisotopic (exact) mass is 251 g/mol. The number of hydrogen-bond donors (Lipinski definition) is 1. The lowest BCUT2D eigenvalue weighted by atomic mass is 10.3. The maximum absolute atomic E-state index is 12.2. The Morgan fingerprint density at radius 3 is 2.75 bits per heavy atom. The quantitative estimate of drug-likeness (QED) is 0.778. The fraction of sp³-hybridized carbons (Fsp3) is 0.625. The molecule has 0 saturated carbocycles. The highest BCUT2D eigenvalue weighted by atomic mass is 32.2. The molecule has 1 heterocycles. The van der Waals surface area contributed by atoms with Crippen molar-refractivity contribution in [3.05, 3.63) is 5.82 Å². The first-order valence-electron chi connectivity index (χ1n) is 4.63. The molecule has 0 unspecified atom stereocenters.